The summed E-state index contributed by atoms with van der Waals surface area (Å²) in [7, 11) is 0. The average Bonchev–Trinajstić information content (AvgIpc) is 3.56. The van der Waals surface area contributed by atoms with Gasteiger partial charge in [0.25, 0.3) is 5.91 Å². The van der Waals surface area contributed by atoms with E-state index in [1.165, 1.54) is 30.0 Å². The Morgan fingerprint density at radius 2 is 1.63 bits per heavy atom. The van der Waals surface area contributed by atoms with Crippen molar-refractivity contribution in [2.24, 2.45) is 11.5 Å². The number of nitrogens with one attached hydrogen (secondary N) is 4. The molecule has 0 radical (unpaired) electrons. The fourth-order valence-corrected chi connectivity index (χ4v) is 5.57. The molecule has 51 heavy (non-hydrogen) atoms. The molecular formula is C31H39N9O10S. The van der Waals surface area contributed by atoms with Crippen molar-refractivity contribution >= 4 is 65.4 Å². The Morgan fingerprint density at radius 3 is 2.24 bits per heavy atom. The standard InChI is InChI=1S/C31H39N9O10S/c1-15(35-27(44)17-5-2-3-6-18(17)32)31(48)39-10-4-7-22(39)30(47)38-21(14-51)29(46)37-20(13-25(33)42)28(45)36-19(26(34)43)11-16-8-9-24(41)23(12-16)40(49)50/h2-3,5-6,8-9,12,15,19-22,41,51H,4,7,10-11,13-14,32H2,1H3,(H2,33,42)(H2,34,43)(H,35,44)(H,36,45)(H,37,46)(H,38,47)/t15-,19-,20-,21-,22-/m0/s1. The van der Waals surface area contributed by atoms with Crippen LogP contribution < -0.4 is 38.5 Å². The molecule has 0 bridgehead atoms. The first-order valence-corrected chi connectivity index (χ1v) is 16.2. The number of phenolic OH excluding ortho intramolecular Hbond substituents is 1. The second-order valence-corrected chi connectivity index (χ2v) is 12.1. The van der Waals surface area contributed by atoms with E-state index in [0.29, 0.717) is 6.42 Å². The van der Waals surface area contributed by atoms with Crippen LogP contribution in [0.4, 0.5) is 11.4 Å². The quantitative estimate of drug-likeness (QED) is 0.0393. The number of amides is 7. The first-order valence-electron chi connectivity index (χ1n) is 15.6. The maximum Gasteiger partial charge on any atom is 0.310 e. The lowest BCUT2D eigenvalue weighted by molar-refractivity contribution is -0.385. The van der Waals surface area contributed by atoms with Crippen molar-refractivity contribution in [2.45, 2.75) is 62.8 Å². The molecule has 0 spiro atoms. The summed E-state index contributed by atoms with van der Waals surface area (Å²) in [5.41, 5.74) is 16.5. The third kappa shape index (κ3) is 10.5. The van der Waals surface area contributed by atoms with Gasteiger partial charge in [0.05, 0.1) is 16.9 Å². The van der Waals surface area contributed by atoms with E-state index in [-0.39, 0.29) is 42.0 Å². The van der Waals surface area contributed by atoms with Crippen molar-refractivity contribution in [3.63, 3.8) is 0 Å². The molecule has 0 aromatic heterocycles. The van der Waals surface area contributed by atoms with Gasteiger partial charge < -0.3 is 48.5 Å². The molecule has 274 valence electrons. The van der Waals surface area contributed by atoms with Gasteiger partial charge in [0.15, 0.2) is 5.75 Å². The molecule has 1 aliphatic rings. The molecule has 0 saturated carbocycles. The van der Waals surface area contributed by atoms with Gasteiger partial charge in [0.2, 0.25) is 35.4 Å². The molecule has 5 atom stereocenters. The molecule has 2 aromatic rings. The van der Waals surface area contributed by atoms with Gasteiger partial charge in [-0.3, -0.25) is 43.7 Å². The zero-order chi connectivity index (χ0) is 38.0. The number of hydrogen-bond donors (Lipinski definition) is 9. The predicted octanol–water partition coefficient (Wildman–Crippen LogP) is -2.02. The van der Waals surface area contributed by atoms with E-state index in [1.807, 2.05) is 0 Å². The number of nitro groups is 1. The summed E-state index contributed by atoms with van der Waals surface area (Å²) in [5.74, 6) is -6.84. The van der Waals surface area contributed by atoms with Crippen LogP contribution in [0.1, 0.15) is 42.1 Å². The zero-order valence-electron chi connectivity index (χ0n) is 27.4. The molecule has 20 heteroatoms. The zero-order valence-corrected chi connectivity index (χ0v) is 28.3. The maximum atomic E-state index is 13.3. The second-order valence-electron chi connectivity index (χ2n) is 11.7. The second kappa shape index (κ2) is 17.7. The van der Waals surface area contributed by atoms with E-state index in [2.05, 4.69) is 33.9 Å². The topological polar surface area (TPSA) is 312 Å². The monoisotopic (exact) mass is 729 g/mol. The lowest BCUT2D eigenvalue weighted by Crippen LogP contribution is -2.59. The molecular weight excluding hydrogens is 690 g/mol. The Labute approximate surface area is 296 Å². The highest BCUT2D eigenvalue weighted by atomic mass is 32.1. The number of nitro benzene ring substituents is 1. The summed E-state index contributed by atoms with van der Waals surface area (Å²) in [5, 5.41) is 30.5. The minimum Gasteiger partial charge on any atom is -0.502 e. The number of aromatic hydroxyl groups is 1. The Hall–Kier alpha value is -5.92. The van der Waals surface area contributed by atoms with E-state index in [1.54, 1.807) is 12.1 Å². The van der Waals surface area contributed by atoms with Crippen molar-refractivity contribution in [1.29, 1.82) is 0 Å². The van der Waals surface area contributed by atoms with E-state index in [0.717, 1.165) is 12.1 Å². The van der Waals surface area contributed by atoms with Crippen LogP contribution >= 0.6 is 12.6 Å². The first kappa shape index (κ1) is 39.5. The van der Waals surface area contributed by atoms with Crippen molar-refractivity contribution in [2.75, 3.05) is 18.0 Å². The number of thiol groups is 1. The number of benzene rings is 2. The maximum absolute atomic E-state index is 13.3. The number of likely N-dealkylation sites (tertiary alicyclic amines) is 1. The summed E-state index contributed by atoms with van der Waals surface area (Å²) in [6.45, 7) is 1.65. The highest BCUT2D eigenvalue weighted by Gasteiger charge is 2.38. The number of anilines is 1. The average molecular weight is 730 g/mol. The molecule has 1 aliphatic heterocycles. The molecule has 1 heterocycles. The molecule has 1 saturated heterocycles. The molecule has 2 aromatic carbocycles. The Kier molecular flexibility index (Phi) is 13.7. The van der Waals surface area contributed by atoms with Crippen molar-refractivity contribution < 1.29 is 43.6 Å². The predicted molar refractivity (Wildman–Crippen MR) is 184 cm³/mol. The highest BCUT2D eigenvalue weighted by Crippen LogP contribution is 2.27. The van der Waals surface area contributed by atoms with Gasteiger partial charge in [0.1, 0.15) is 30.2 Å². The van der Waals surface area contributed by atoms with Crippen LogP contribution in [0.5, 0.6) is 5.75 Å². The van der Waals surface area contributed by atoms with Gasteiger partial charge >= 0.3 is 5.69 Å². The summed E-state index contributed by atoms with van der Waals surface area (Å²) in [4.78, 5) is 101. The first-order chi connectivity index (χ1) is 24.0. The highest BCUT2D eigenvalue weighted by molar-refractivity contribution is 7.80. The van der Waals surface area contributed by atoms with E-state index < -0.39 is 94.3 Å². The molecule has 11 N–H and O–H groups in total. The molecule has 19 nitrogen and oxygen atoms in total. The summed E-state index contributed by atoms with van der Waals surface area (Å²) in [6.07, 6.45) is -0.387. The summed E-state index contributed by atoms with van der Waals surface area (Å²) in [6, 6.07) is 3.03. The van der Waals surface area contributed by atoms with Gasteiger partial charge in [-0.15, -0.1) is 0 Å². The van der Waals surface area contributed by atoms with Crippen LogP contribution in [-0.4, -0.2) is 98.8 Å². The van der Waals surface area contributed by atoms with E-state index in [9.17, 15) is 48.8 Å². The normalized spacial score (nSPS) is 16.1. The molecule has 0 aliphatic carbocycles. The number of rotatable bonds is 16. The molecule has 0 unspecified atom stereocenters. The number of carbonyl (C=O) groups is 7. The summed E-state index contributed by atoms with van der Waals surface area (Å²) >= 11 is 4.13. The summed E-state index contributed by atoms with van der Waals surface area (Å²) < 4.78 is 0. The van der Waals surface area contributed by atoms with Crippen LogP contribution in [0, 0.1) is 10.1 Å². The third-order valence-electron chi connectivity index (χ3n) is 7.95. The van der Waals surface area contributed by atoms with Gasteiger partial charge in [-0.1, -0.05) is 18.2 Å². The molecule has 7 amide bonds. The SMILES string of the molecule is C[C@H](NC(=O)c1ccccc1N)C(=O)N1CCC[C@H]1C(=O)N[C@@H](CS)C(=O)N[C@@H](CC(N)=O)C(=O)N[C@@H](Cc1ccc(O)c([N+](=O)[O-])c1)C(N)=O. The van der Waals surface area contributed by atoms with Crippen molar-refractivity contribution in [3.05, 3.63) is 63.7 Å². The Morgan fingerprint density at radius 1 is 0.980 bits per heavy atom. The number of nitrogen functional groups attached to an aromatic ring is 1. The van der Waals surface area contributed by atoms with Gasteiger partial charge in [-0.2, -0.15) is 12.6 Å². The van der Waals surface area contributed by atoms with Crippen LogP contribution in [0.25, 0.3) is 0 Å². The fourth-order valence-electron chi connectivity index (χ4n) is 5.31. The third-order valence-corrected chi connectivity index (χ3v) is 8.32. The lowest BCUT2D eigenvalue weighted by atomic mass is 10.0. The van der Waals surface area contributed by atoms with E-state index >= 15 is 0 Å². The van der Waals surface area contributed by atoms with E-state index in [4.69, 9.17) is 17.2 Å². The van der Waals surface area contributed by atoms with Crippen LogP contribution in [-0.2, 0) is 35.2 Å². The molecule has 1 fully saturated rings. The Bertz CT molecular complexity index is 1710. The fraction of sp³-hybridized carbons (Fsp3) is 0.387. The van der Waals surface area contributed by atoms with Gasteiger partial charge in [-0.05, 0) is 43.5 Å². The van der Waals surface area contributed by atoms with Gasteiger partial charge in [-0.25, -0.2) is 0 Å². The smallest absolute Gasteiger partial charge is 0.310 e. The minimum atomic E-state index is -1.65. The molecule has 3 rings (SSSR count). The Balaban J connectivity index is 1.67. The van der Waals surface area contributed by atoms with Gasteiger partial charge in [0, 0.05) is 30.5 Å². The lowest BCUT2D eigenvalue weighted by Gasteiger charge is -2.29. The number of hydrogen-bond acceptors (Lipinski definition) is 12. The van der Waals surface area contributed by atoms with Crippen molar-refractivity contribution in [1.82, 2.24) is 26.2 Å². The van der Waals surface area contributed by atoms with Crippen LogP contribution in [0.15, 0.2) is 42.5 Å². The number of nitrogens with zero attached hydrogens (tertiary/aromatic N) is 2. The van der Waals surface area contributed by atoms with Crippen LogP contribution in [0.3, 0.4) is 0 Å². The largest absolute Gasteiger partial charge is 0.502 e. The number of phenols is 1. The number of nitrogens with two attached hydrogens (primary N) is 3. The number of primary amides is 2. The minimum absolute atomic E-state index is 0.147. The van der Waals surface area contributed by atoms with Crippen LogP contribution in [0.2, 0.25) is 0 Å². The number of para-hydroxylation sites is 1. The van der Waals surface area contributed by atoms with Crippen molar-refractivity contribution in [3.8, 4) is 5.75 Å². The number of carbonyl (C=O) groups excluding carboxylic acids is 7.